The molecule has 2 aromatic carbocycles. The predicted molar refractivity (Wildman–Crippen MR) is 87.7 cm³/mol. The summed E-state index contributed by atoms with van der Waals surface area (Å²) >= 11 is 0. The van der Waals surface area contributed by atoms with Crippen molar-refractivity contribution in [3.05, 3.63) is 65.2 Å². The van der Waals surface area contributed by atoms with E-state index in [0.717, 1.165) is 5.56 Å². The molecule has 5 heteroatoms. The molecule has 0 heterocycles. The van der Waals surface area contributed by atoms with Crippen molar-refractivity contribution in [1.82, 2.24) is 0 Å². The third-order valence-electron chi connectivity index (χ3n) is 3.33. The Morgan fingerprint density at radius 3 is 2.30 bits per heavy atom. The van der Waals surface area contributed by atoms with Crippen molar-refractivity contribution in [2.24, 2.45) is 0 Å². The second-order valence-electron chi connectivity index (χ2n) is 5.18. The summed E-state index contributed by atoms with van der Waals surface area (Å²) in [6, 6.07) is 14.2. The van der Waals surface area contributed by atoms with Crippen LogP contribution in [0.15, 0.2) is 48.5 Å². The molecule has 0 saturated carbocycles. The van der Waals surface area contributed by atoms with Gasteiger partial charge >= 0.3 is 11.9 Å². The fourth-order valence-corrected chi connectivity index (χ4v) is 2.12. The molecule has 0 N–H and O–H groups in total. The van der Waals surface area contributed by atoms with Crippen molar-refractivity contribution in [3.8, 4) is 0 Å². The van der Waals surface area contributed by atoms with E-state index in [9.17, 15) is 9.59 Å². The monoisotopic (exact) mass is 313 g/mol. The molecule has 2 rings (SSSR count). The molecule has 2 aromatic rings. The predicted octanol–water partition coefficient (Wildman–Crippen LogP) is 2.90. The fraction of sp³-hybridized carbons (Fsp3) is 0.222. The van der Waals surface area contributed by atoms with E-state index in [-0.39, 0.29) is 6.61 Å². The zero-order valence-electron chi connectivity index (χ0n) is 13.4. The van der Waals surface area contributed by atoms with Crippen molar-refractivity contribution >= 4 is 17.6 Å². The summed E-state index contributed by atoms with van der Waals surface area (Å²) in [6.45, 7) is 0.204. The number of nitrogens with zero attached hydrogens (tertiary/aromatic N) is 1. The van der Waals surface area contributed by atoms with Gasteiger partial charge in [-0.05, 0) is 23.8 Å². The average Bonchev–Trinajstić information content (AvgIpc) is 2.59. The Morgan fingerprint density at radius 2 is 1.70 bits per heavy atom. The van der Waals surface area contributed by atoms with Crippen molar-refractivity contribution in [2.75, 3.05) is 26.1 Å². The van der Waals surface area contributed by atoms with Crippen LogP contribution in [0.4, 0.5) is 5.69 Å². The standard InChI is InChI=1S/C18H19NO4/c1-19(2)16-11-14(9-10-15(16)18(21)22-3)17(20)23-12-13-7-5-4-6-8-13/h4-11H,12H2,1-3H3. The number of methoxy groups -OCH3 is 1. The summed E-state index contributed by atoms with van der Waals surface area (Å²) in [5.74, 6) is -0.883. The number of carbonyl (C=O) groups is 2. The molecule has 0 atom stereocenters. The molecular formula is C18H19NO4. The molecule has 120 valence electrons. The van der Waals surface area contributed by atoms with Crippen LogP contribution in [0.1, 0.15) is 26.3 Å². The van der Waals surface area contributed by atoms with Crippen LogP contribution in [-0.4, -0.2) is 33.1 Å². The molecule has 0 aliphatic carbocycles. The molecule has 0 aliphatic rings. The Hall–Kier alpha value is -2.82. The summed E-state index contributed by atoms with van der Waals surface area (Å²) < 4.78 is 10.1. The number of anilines is 1. The second kappa shape index (κ2) is 7.45. The molecule has 5 nitrogen and oxygen atoms in total. The number of hydrogen-bond donors (Lipinski definition) is 0. The molecule has 0 bridgehead atoms. The van der Waals surface area contributed by atoms with Crippen LogP contribution in [0.5, 0.6) is 0 Å². The molecule has 0 saturated heterocycles. The van der Waals surface area contributed by atoms with E-state index < -0.39 is 11.9 Å². The van der Waals surface area contributed by atoms with Crippen LogP contribution in [0.25, 0.3) is 0 Å². The lowest BCUT2D eigenvalue weighted by Crippen LogP contribution is -2.16. The van der Waals surface area contributed by atoms with E-state index in [1.807, 2.05) is 30.3 Å². The first kappa shape index (κ1) is 16.5. The average molecular weight is 313 g/mol. The smallest absolute Gasteiger partial charge is 0.339 e. The highest BCUT2D eigenvalue weighted by molar-refractivity contribution is 5.99. The minimum Gasteiger partial charge on any atom is -0.465 e. The van der Waals surface area contributed by atoms with E-state index in [0.29, 0.717) is 16.8 Å². The van der Waals surface area contributed by atoms with E-state index in [2.05, 4.69) is 0 Å². The highest BCUT2D eigenvalue weighted by atomic mass is 16.5. The Kier molecular flexibility index (Phi) is 5.36. The van der Waals surface area contributed by atoms with Crippen molar-refractivity contribution in [3.63, 3.8) is 0 Å². The van der Waals surface area contributed by atoms with Crippen LogP contribution < -0.4 is 4.90 Å². The zero-order valence-corrected chi connectivity index (χ0v) is 13.4. The maximum absolute atomic E-state index is 12.2. The minimum absolute atomic E-state index is 0.204. The molecule has 23 heavy (non-hydrogen) atoms. The first-order valence-corrected chi connectivity index (χ1v) is 7.13. The van der Waals surface area contributed by atoms with Gasteiger partial charge in [0.05, 0.1) is 23.9 Å². The summed E-state index contributed by atoms with van der Waals surface area (Å²) in [5.41, 5.74) is 2.31. The van der Waals surface area contributed by atoms with Crippen LogP contribution in [0.2, 0.25) is 0 Å². The first-order valence-electron chi connectivity index (χ1n) is 7.13. The lowest BCUT2D eigenvalue weighted by molar-refractivity contribution is 0.0471. The molecule has 0 radical (unpaired) electrons. The van der Waals surface area contributed by atoms with Gasteiger partial charge in [0, 0.05) is 14.1 Å². The number of benzene rings is 2. The van der Waals surface area contributed by atoms with Crippen LogP contribution in [-0.2, 0) is 16.1 Å². The van der Waals surface area contributed by atoms with Gasteiger partial charge in [-0.15, -0.1) is 0 Å². The van der Waals surface area contributed by atoms with Gasteiger partial charge in [-0.3, -0.25) is 0 Å². The number of hydrogen-bond acceptors (Lipinski definition) is 5. The Bertz CT molecular complexity index is 695. The summed E-state index contributed by atoms with van der Waals surface area (Å²) in [7, 11) is 4.91. The zero-order chi connectivity index (χ0) is 16.8. The van der Waals surface area contributed by atoms with Gasteiger partial charge in [0.25, 0.3) is 0 Å². The van der Waals surface area contributed by atoms with Gasteiger partial charge in [0.15, 0.2) is 0 Å². The molecule has 0 amide bonds. The fourth-order valence-electron chi connectivity index (χ4n) is 2.12. The van der Waals surface area contributed by atoms with Crippen molar-refractivity contribution in [1.29, 1.82) is 0 Å². The third kappa shape index (κ3) is 4.10. The summed E-state index contributed by atoms with van der Waals surface area (Å²) in [6.07, 6.45) is 0. The van der Waals surface area contributed by atoms with Gasteiger partial charge in [0.1, 0.15) is 6.61 Å². The summed E-state index contributed by atoms with van der Waals surface area (Å²) in [5, 5.41) is 0. The Balaban J connectivity index is 2.17. The SMILES string of the molecule is COC(=O)c1ccc(C(=O)OCc2ccccc2)cc1N(C)C. The van der Waals surface area contributed by atoms with Crippen molar-refractivity contribution in [2.45, 2.75) is 6.61 Å². The minimum atomic E-state index is -0.446. The largest absolute Gasteiger partial charge is 0.465 e. The number of esters is 2. The van der Waals surface area contributed by atoms with Crippen LogP contribution in [0, 0.1) is 0 Å². The van der Waals surface area contributed by atoms with Crippen LogP contribution in [0.3, 0.4) is 0 Å². The van der Waals surface area contributed by atoms with Gasteiger partial charge in [-0.25, -0.2) is 9.59 Å². The normalized spacial score (nSPS) is 10.0. The Morgan fingerprint density at radius 1 is 1.00 bits per heavy atom. The molecular weight excluding hydrogens is 294 g/mol. The molecule has 0 unspecified atom stereocenters. The first-order chi connectivity index (χ1) is 11.0. The molecule has 0 aromatic heterocycles. The lowest BCUT2D eigenvalue weighted by atomic mass is 10.1. The number of rotatable bonds is 5. The maximum atomic E-state index is 12.2. The van der Waals surface area contributed by atoms with E-state index in [1.165, 1.54) is 7.11 Å². The highest BCUT2D eigenvalue weighted by Gasteiger charge is 2.17. The maximum Gasteiger partial charge on any atom is 0.339 e. The highest BCUT2D eigenvalue weighted by Crippen LogP contribution is 2.22. The summed E-state index contributed by atoms with van der Waals surface area (Å²) in [4.78, 5) is 25.7. The lowest BCUT2D eigenvalue weighted by Gasteiger charge is -2.17. The van der Waals surface area contributed by atoms with Gasteiger partial charge < -0.3 is 14.4 Å². The van der Waals surface area contributed by atoms with Gasteiger partial charge in [-0.2, -0.15) is 0 Å². The third-order valence-corrected chi connectivity index (χ3v) is 3.33. The van der Waals surface area contributed by atoms with Gasteiger partial charge in [-0.1, -0.05) is 30.3 Å². The second-order valence-corrected chi connectivity index (χ2v) is 5.18. The van der Waals surface area contributed by atoms with Gasteiger partial charge in [0.2, 0.25) is 0 Å². The van der Waals surface area contributed by atoms with E-state index >= 15 is 0 Å². The number of ether oxygens (including phenoxy) is 2. The quantitative estimate of drug-likeness (QED) is 0.794. The molecule has 0 aliphatic heterocycles. The Labute approximate surface area is 135 Å². The molecule has 0 spiro atoms. The molecule has 0 fully saturated rings. The van der Waals surface area contributed by atoms with Crippen molar-refractivity contribution < 1.29 is 19.1 Å². The number of carbonyl (C=O) groups excluding carboxylic acids is 2. The van der Waals surface area contributed by atoms with E-state index in [4.69, 9.17) is 9.47 Å². The van der Waals surface area contributed by atoms with E-state index in [1.54, 1.807) is 37.2 Å². The topological polar surface area (TPSA) is 55.8 Å². The van der Waals surface area contributed by atoms with Crippen LogP contribution >= 0.6 is 0 Å².